The van der Waals surface area contributed by atoms with E-state index in [1.165, 1.54) is 0 Å². The van der Waals surface area contributed by atoms with Gasteiger partial charge in [-0.05, 0) is 30.7 Å². The first-order valence-corrected chi connectivity index (χ1v) is 6.52. The first-order valence-electron chi connectivity index (χ1n) is 5.76. The first kappa shape index (κ1) is 14.7. The summed E-state index contributed by atoms with van der Waals surface area (Å²) in [6.07, 6.45) is 0. The van der Waals surface area contributed by atoms with Crippen LogP contribution in [0.4, 0.5) is 11.4 Å². The third kappa shape index (κ3) is 2.88. The summed E-state index contributed by atoms with van der Waals surface area (Å²) in [5.74, 6) is 4.28. The molecule has 0 atom stereocenters. The van der Waals surface area contributed by atoms with E-state index in [0.29, 0.717) is 27.0 Å². The molecule has 4 nitrogen and oxygen atoms in total. The molecule has 0 fully saturated rings. The summed E-state index contributed by atoms with van der Waals surface area (Å²) >= 11 is 12.4. The lowest BCUT2D eigenvalue weighted by Crippen LogP contribution is -2.12. The molecule has 6 heteroatoms. The topological polar surface area (TPSA) is 64.3 Å². The van der Waals surface area contributed by atoms with Gasteiger partial charge < -0.3 is 10.2 Å². The maximum absolute atomic E-state index is 11.6. The lowest BCUT2D eigenvalue weighted by atomic mass is 10.1. The van der Waals surface area contributed by atoms with Gasteiger partial charge in [-0.3, -0.25) is 0 Å². The zero-order valence-corrected chi connectivity index (χ0v) is 12.1. The Morgan fingerprint density at radius 3 is 2.60 bits per heavy atom. The number of carbonyl (C=O) groups excluding carboxylic acids is 1. The maximum Gasteiger partial charge on any atom is 0.358 e. The molecule has 104 valence electrons. The van der Waals surface area contributed by atoms with Crippen molar-refractivity contribution >= 4 is 40.5 Å². The molecule has 0 aromatic heterocycles. The van der Waals surface area contributed by atoms with E-state index in [1.54, 1.807) is 30.3 Å². The van der Waals surface area contributed by atoms with Crippen molar-refractivity contribution < 1.29 is 9.63 Å². The smallest absolute Gasteiger partial charge is 0.358 e. The number of nitrogens with one attached hydrogen (secondary N) is 1. The summed E-state index contributed by atoms with van der Waals surface area (Å²) in [5, 5.41) is 3.99. The first-order chi connectivity index (χ1) is 9.54. The van der Waals surface area contributed by atoms with Crippen LogP contribution in [0, 0.1) is 6.92 Å². The van der Waals surface area contributed by atoms with Crippen molar-refractivity contribution in [3.63, 3.8) is 0 Å². The molecule has 0 amide bonds. The number of benzene rings is 2. The Bertz CT molecular complexity index is 660. The van der Waals surface area contributed by atoms with E-state index in [1.807, 2.05) is 13.0 Å². The molecule has 0 heterocycles. The van der Waals surface area contributed by atoms with Gasteiger partial charge in [-0.1, -0.05) is 41.4 Å². The van der Waals surface area contributed by atoms with E-state index >= 15 is 0 Å². The van der Waals surface area contributed by atoms with Crippen LogP contribution in [0.2, 0.25) is 10.0 Å². The number of hydrogen-bond donors (Lipinski definition) is 2. The fourth-order valence-electron chi connectivity index (χ4n) is 1.74. The van der Waals surface area contributed by atoms with Crippen molar-refractivity contribution in [3.8, 4) is 0 Å². The Kier molecular flexibility index (Phi) is 4.49. The van der Waals surface area contributed by atoms with Crippen molar-refractivity contribution in [3.05, 3.63) is 57.6 Å². The molecule has 2 rings (SSSR count). The average molecular weight is 311 g/mol. The molecule has 0 saturated carbocycles. The quantitative estimate of drug-likeness (QED) is 0.839. The van der Waals surface area contributed by atoms with E-state index in [4.69, 9.17) is 29.1 Å². The lowest BCUT2D eigenvalue weighted by molar-refractivity contribution is 0.0504. The number of aryl methyl sites for hydroxylation is 1. The normalized spacial score (nSPS) is 10.2. The number of para-hydroxylation sites is 1. The molecule has 0 spiro atoms. The highest BCUT2D eigenvalue weighted by Gasteiger charge is 2.15. The fraction of sp³-hybridized carbons (Fsp3) is 0.0714. The second-order valence-corrected chi connectivity index (χ2v) is 4.91. The Hall–Kier alpha value is -1.75. The summed E-state index contributed by atoms with van der Waals surface area (Å²) in [4.78, 5) is 15.9. The highest BCUT2D eigenvalue weighted by atomic mass is 35.5. The van der Waals surface area contributed by atoms with E-state index in [9.17, 15) is 4.79 Å². The highest BCUT2D eigenvalue weighted by Crippen LogP contribution is 2.35. The Morgan fingerprint density at radius 2 is 1.90 bits per heavy atom. The van der Waals surface area contributed by atoms with Gasteiger partial charge in [-0.2, -0.15) is 5.90 Å². The molecule has 3 N–H and O–H groups in total. The van der Waals surface area contributed by atoms with Crippen LogP contribution < -0.4 is 11.2 Å². The molecule has 20 heavy (non-hydrogen) atoms. The summed E-state index contributed by atoms with van der Waals surface area (Å²) < 4.78 is 0. The number of nitrogens with two attached hydrogens (primary N) is 1. The average Bonchev–Trinajstić information content (AvgIpc) is 2.47. The van der Waals surface area contributed by atoms with Crippen LogP contribution in [-0.2, 0) is 4.84 Å². The summed E-state index contributed by atoms with van der Waals surface area (Å²) in [6, 6.07) is 10.3. The van der Waals surface area contributed by atoms with Crippen molar-refractivity contribution in [1.82, 2.24) is 0 Å². The zero-order chi connectivity index (χ0) is 14.7. The Labute approximate surface area is 126 Å². The van der Waals surface area contributed by atoms with Crippen molar-refractivity contribution in [1.29, 1.82) is 0 Å². The Balaban J connectivity index is 2.46. The Morgan fingerprint density at radius 1 is 1.20 bits per heavy atom. The molecule has 2 aromatic carbocycles. The van der Waals surface area contributed by atoms with Crippen LogP contribution in [0.3, 0.4) is 0 Å². The van der Waals surface area contributed by atoms with Gasteiger partial charge in [0.25, 0.3) is 0 Å². The number of halogens is 2. The van der Waals surface area contributed by atoms with E-state index in [2.05, 4.69) is 10.2 Å². The van der Waals surface area contributed by atoms with Crippen LogP contribution in [0.1, 0.15) is 15.9 Å². The second kappa shape index (κ2) is 6.13. The lowest BCUT2D eigenvalue weighted by Gasteiger charge is -2.14. The van der Waals surface area contributed by atoms with Crippen molar-refractivity contribution in [2.75, 3.05) is 5.32 Å². The molecule has 0 aliphatic heterocycles. The van der Waals surface area contributed by atoms with Crippen LogP contribution in [0.15, 0.2) is 36.4 Å². The van der Waals surface area contributed by atoms with E-state index in [-0.39, 0.29) is 0 Å². The second-order valence-electron chi connectivity index (χ2n) is 4.13. The third-order valence-corrected chi connectivity index (χ3v) is 3.60. The van der Waals surface area contributed by atoms with Gasteiger partial charge in [0.2, 0.25) is 0 Å². The van der Waals surface area contributed by atoms with Gasteiger partial charge in [0.15, 0.2) is 0 Å². The van der Waals surface area contributed by atoms with Crippen LogP contribution in [0.5, 0.6) is 0 Å². The number of carbonyl (C=O) groups is 1. The molecule has 0 aliphatic carbocycles. The molecule has 0 bridgehead atoms. The van der Waals surface area contributed by atoms with Gasteiger partial charge in [0.05, 0.1) is 27.0 Å². The van der Waals surface area contributed by atoms with Crippen LogP contribution in [0.25, 0.3) is 0 Å². The summed E-state index contributed by atoms with van der Waals surface area (Å²) in [5.41, 5.74) is 2.21. The zero-order valence-electron chi connectivity index (χ0n) is 10.6. The monoisotopic (exact) mass is 310 g/mol. The molecule has 2 aromatic rings. The fourth-order valence-corrected chi connectivity index (χ4v) is 2.20. The van der Waals surface area contributed by atoms with Gasteiger partial charge in [-0.25, -0.2) is 4.79 Å². The maximum atomic E-state index is 11.6. The van der Waals surface area contributed by atoms with Crippen LogP contribution >= 0.6 is 23.2 Å². The SMILES string of the molecule is Cc1ccc(Cl)c(Nc2ccccc2C(=O)ON)c1Cl. The number of anilines is 2. The highest BCUT2D eigenvalue weighted by molar-refractivity contribution is 6.39. The van der Waals surface area contributed by atoms with E-state index < -0.39 is 5.97 Å². The number of rotatable bonds is 3. The van der Waals surface area contributed by atoms with Crippen molar-refractivity contribution in [2.45, 2.75) is 6.92 Å². The third-order valence-electron chi connectivity index (χ3n) is 2.80. The minimum absolute atomic E-state index is 0.295. The van der Waals surface area contributed by atoms with Crippen molar-refractivity contribution in [2.24, 2.45) is 5.90 Å². The predicted octanol–water partition coefficient (Wildman–Crippen LogP) is 4.08. The van der Waals surface area contributed by atoms with Crippen LogP contribution in [-0.4, -0.2) is 5.97 Å². The van der Waals surface area contributed by atoms with E-state index in [0.717, 1.165) is 5.56 Å². The molecule has 0 aliphatic rings. The molecular formula is C14H12Cl2N2O2. The van der Waals surface area contributed by atoms with Gasteiger partial charge in [0.1, 0.15) is 0 Å². The molecular weight excluding hydrogens is 299 g/mol. The summed E-state index contributed by atoms with van der Waals surface area (Å²) in [6.45, 7) is 1.86. The molecule has 0 radical (unpaired) electrons. The summed E-state index contributed by atoms with van der Waals surface area (Å²) in [7, 11) is 0. The van der Waals surface area contributed by atoms with Gasteiger partial charge >= 0.3 is 5.97 Å². The minimum atomic E-state index is -0.645. The largest absolute Gasteiger partial charge is 0.370 e. The molecule has 0 saturated heterocycles. The standard InChI is InChI=1S/C14H12Cl2N2O2/c1-8-6-7-10(15)13(12(8)16)18-11-5-3-2-4-9(11)14(19)20-17/h2-7,18H,17H2,1H3. The molecule has 0 unspecified atom stereocenters. The minimum Gasteiger partial charge on any atom is -0.370 e. The predicted molar refractivity (Wildman–Crippen MR) is 80.5 cm³/mol. The van der Waals surface area contributed by atoms with Gasteiger partial charge in [0, 0.05) is 0 Å². The number of hydrogen-bond acceptors (Lipinski definition) is 4. The van der Waals surface area contributed by atoms with Gasteiger partial charge in [-0.15, -0.1) is 0 Å².